The fraction of sp³-hybridized carbons (Fsp3) is 0.600. The molecule has 4 aliphatic heterocycles. The van der Waals surface area contributed by atoms with Crippen LogP contribution < -0.4 is 10.6 Å². The van der Waals surface area contributed by atoms with E-state index in [4.69, 9.17) is 0 Å². The zero-order valence-electron chi connectivity index (χ0n) is 25.7. The fourth-order valence-corrected chi connectivity index (χ4v) is 7.07. The first-order valence-corrected chi connectivity index (χ1v) is 16.3. The largest absolute Gasteiger partial charge is 0.366 e. The number of hydrogen-bond acceptors (Lipinski definition) is 6. The molecule has 4 heterocycles. The second-order valence-corrected chi connectivity index (χ2v) is 13.2. The van der Waals surface area contributed by atoms with Crippen LogP contribution in [0.2, 0.25) is 0 Å². The summed E-state index contributed by atoms with van der Waals surface area (Å²) in [7, 11) is 0. The van der Waals surface area contributed by atoms with Gasteiger partial charge in [0.05, 0.1) is 13.1 Å². The number of nitrogens with one attached hydrogen (secondary N) is 2. The van der Waals surface area contributed by atoms with Crippen LogP contribution in [0.5, 0.6) is 0 Å². The Morgan fingerprint density at radius 3 is 1.33 bits per heavy atom. The van der Waals surface area contributed by atoms with Crippen LogP contribution in [0.1, 0.15) is 81.0 Å². The van der Waals surface area contributed by atoms with Crippen LogP contribution in [-0.4, -0.2) is 72.8 Å². The number of aliphatic imine (C=N–C) groups is 2. The molecule has 2 aromatic rings. The monoisotopic (exact) mass is 590 g/mol. The van der Waals surface area contributed by atoms with Gasteiger partial charge in [-0.2, -0.15) is 0 Å². The zero-order valence-corrected chi connectivity index (χ0v) is 26.5. The lowest BCUT2D eigenvalue weighted by Gasteiger charge is -2.33. The molecule has 2 saturated heterocycles. The van der Waals surface area contributed by atoms with E-state index in [2.05, 4.69) is 92.8 Å². The Hall–Kier alpha value is -2.41. The number of benzene rings is 2. The van der Waals surface area contributed by atoms with Gasteiger partial charge >= 0.3 is 0 Å². The first kappa shape index (κ1) is 31.0. The molecule has 0 aromatic heterocycles. The van der Waals surface area contributed by atoms with Crippen molar-refractivity contribution < 1.29 is 0 Å². The van der Waals surface area contributed by atoms with E-state index in [1.807, 2.05) is 0 Å². The second-order valence-electron chi connectivity index (χ2n) is 13.2. The number of rotatable bonds is 10. The SMILES string of the molecule is CC1CN=C(c2ccc(CN3CCC(CCCC4CCN(Cc5ccc(C6=NCC(C)N6)cc5)CC4)CC3)cc2)N1.Cl. The van der Waals surface area contributed by atoms with E-state index in [9.17, 15) is 0 Å². The maximum atomic E-state index is 4.62. The number of nitrogens with zero attached hydrogens (tertiary/aromatic N) is 4. The summed E-state index contributed by atoms with van der Waals surface area (Å²) < 4.78 is 0. The minimum Gasteiger partial charge on any atom is -0.366 e. The highest BCUT2D eigenvalue weighted by atomic mass is 35.5. The standard InChI is InChI=1S/C35H50N6.ClH/c1-26-22-36-34(38-26)32-10-6-30(7-11-32)24-40-18-14-28(15-19-40)4-3-5-29-16-20-41(21-17-29)25-31-8-12-33(13-9-31)35-37-23-27(2)39-35;/h6-13,26-29H,3-5,14-25H2,1-2H3,(H,36,38)(H,37,39);1H. The molecule has 0 radical (unpaired) electrons. The lowest BCUT2D eigenvalue weighted by atomic mass is 9.86. The molecule has 42 heavy (non-hydrogen) atoms. The molecule has 0 amide bonds. The Bertz CT molecular complexity index is 1080. The molecule has 6 nitrogen and oxygen atoms in total. The predicted molar refractivity (Wildman–Crippen MR) is 178 cm³/mol. The summed E-state index contributed by atoms with van der Waals surface area (Å²) in [5, 5.41) is 6.93. The van der Waals surface area contributed by atoms with Crippen molar-refractivity contribution in [2.24, 2.45) is 21.8 Å². The van der Waals surface area contributed by atoms with Gasteiger partial charge in [-0.1, -0.05) is 67.8 Å². The Labute approximate surface area is 259 Å². The van der Waals surface area contributed by atoms with Crippen molar-refractivity contribution in [1.82, 2.24) is 20.4 Å². The van der Waals surface area contributed by atoms with Gasteiger partial charge in [0.15, 0.2) is 0 Å². The highest BCUT2D eigenvalue weighted by Gasteiger charge is 2.22. The molecule has 0 aliphatic carbocycles. The number of hydrogen-bond donors (Lipinski definition) is 2. The van der Waals surface area contributed by atoms with E-state index in [0.29, 0.717) is 12.1 Å². The van der Waals surface area contributed by atoms with Crippen molar-refractivity contribution in [1.29, 1.82) is 0 Å². The highest BCUT2D eigenvalue weighted by molar-refractivity contribution is 6.00. The van der Waals surface area contributed by atoms with E-state index in [0.717, 1.165) is 49.7 Å². The molecule has 228 valence electrons. The second kappa shape index (κ2) is 14.9. The third-order valence-corrected chi connectivity index (χ3v) is 9.72. The lowest BCUT2D eigenvalue weighted by Crippen LogP contribution is -2.34. The van der Waals surface area contributed by atoms with Gasteiger partial charge in [0.25, 0.3) is 0 Å². The van der Waals surface area contributed by atoms with Gasteiger partial charge in [0, 0.05) is 36.3 Å². The Morgan fingerprint density at radius 1 is 0.619 bits per heavy atom. The highest BCUT2D eigenvalue weighted by Crippen LogP contribution is 2.28. The van der Waals surface area contributed by atoms with Crippen molar-refractivity contribution in [3.63, 3.8) is 0 Å². The van der Waals surface area contributed by atoms with E-state index < -0.39 is 0 Å². The first-order valence-electron chi connectivity index (χ1n) is 16.3. The van der Waals surface area contributed by atoms with Crippen molar-refractivity contribution in [3.8, 4) is 0 Å². The Balaban J connectivity index is 0.00000353. The molecule has 6 rings (SSSR count). The van der Waals surface area contributed by atoms with Gasteiger partial charge in [-0.15, -0.1) is 12.4 Å². The summed E-state index contributed by atoms with van der Waals surface area (Å²) in [5.74, 6) is 3.97. The number of likely N-dealkylation sites (tertiary alicyclic amines) is 2. The molecule has 0 bridgehead atoms. The minimum absolute atomic E-state index is 0. The van der Waals surface area contributed by atoms with Gasteiger partial charge in [-0.05, 0) is 88.7 Å². The van der Waals surface area contributed by atoms with Crippen LogP contribution in [0.15, 0.2) is 58.5 Å². The number of amidine groups is 2. The van der Waals surface area contributed by atoms with Crippen LogP contribution in [0, 0.1) is 11.8 Å². The van der Waals surface area contributed by atoms with Gasteiger partial charge in [-0.3, -0.25) is 19.8 Å². The first-order chi connectivity index (χ1) is 20.1. The molecule has 0 spiro atoms. The molecule has 7 heteroatoms. The van der Waals surface area contributed by atoms with Crippen molar-refractivity contribution >= 4 is 24.1 Å². The average molecular weight is 591 g/mol. The lowest BCUT2D eigenvalue weighted by molar-refractivity contribution is 0.156. The quantitative estimate of drug-likeness (QED) is 0.363. The smallest absolute Gasteiger partial charge is 0.128 e. The molecule has 0 saturated carbocycles. The summed E-state index contributed by atoms with van der Waals surface area (Å²) in [6.07, 6.45) is 9.77. The van der Waals surface area contributed by atoms with Crippen LogP contribution in [-0.2, 0) is 13.1 Å². The maximum Gasteiger partial charge on any atom is 0.128 e. The Morgan fingerprint density at radius 2 is 1.00 bits per heavy atom. The minimum atomic E-state index is 0. The molecular formula is C35H51ClN6. The van der Waals surface area contributed by atoms with E-state index >= 15 is 0 Å². The topological polar surface area (TPSA) is 55.3 Å². The molecule has 2 atom stereocenters. The van der Waals surface area contributed by atoms with E-state index in [-0.39, 0.29) is 12.4 Å². The summed E-state index contributed by atoms with van der Waals surface area (Å²) >= 11 is 0. The summed E-state index contributed by atoms with van der Waals surface area (Å²) in [4.78, 5) is 14.5. The van der Waals surface area contributed by atoms with E-state index in [1.165, 1.54) is 93.4 Å². The number of piperidine rings is 2. The fourth-order valence-electron chi connectivity index (χ4n) is 7.07. The van der Waals surface area contributed by atoms with Crippen molar-refractivity contribution in [2.75, 3.05) is 39.3 Å². The normalized spacial score (nSPS) is 24.0. The Kier molecular flexibility index (Phi) is 11.0. The third-order valence-electron chi connectivity index (χ3n) is 9.72. The summed E-state index contributed by atoms with van der Waals surface area (Å²) in [6, 6.07) is 19.0. The molecule has 2 unspecified atom stereocenters. The van der Waals surface area contributed by atoms with Crippen LogP contribution in [0.3, 0.4) is 0 Å². The number of halogens is 1. The average Bonchev–Trinajstić information content (AvgIpc) is 3.64. The summed E-state index contributed by atoms with van der Waals surface area (Å²) in [6.45, 7) is 13.3. The van der Waals surface area contributed by atoms with Gasteiger partial charge < -0.3 is 10.6 Å². The van der Waals surface area contributed by atoms with Gasteiger partial charge in [0.1, 0.15) is 11.7 Å². The van der Waals surface area contributed by atoms with Crippen LogP contribution >= 0.6 is 12.4 Å². The maximum absolute atomic E-state index is 4.62. The van der Waals surface area contributed by atoms with Crippen LogP contribution in [0.25, 0.3) is 0 Å². The van der Waals surface area contributed by atoms with Gasteiger partial charge in [-0.25, -0.2) is 0 Å². The molecule has 4 aliphatic rings. The molecule has 2 fully saturated rings. The molecular weight excluding hydrogens is 540 g/mol. The third kappa shape index (κ3) is 8.36. The molecule has 2 N–H and O–H groups in total. The van der Waals surface area contributed by atoms with Crippen molar-refractivity contribution in [3.05, 3.63) is 70.8 Å². The van der Waals surface area contributed by atoms with Crippen molar-refractivity contribution in [2.45, 2.75) is 84.0 Å². The summed E-state index contributed by atoms with van der Waals surface area (Å²) in [5.41, 5.74) is 5.28. The molecule has 2 aromatic carbocycles. The zero-order chi connectivity index (χ0) is 28.0. The van der Waals surface area contributed by atoms with Gasteiger partial charge in [0.2, 0.25) is 0 Å². The van der Waals surface area contributed by atoms with E-state index in [1.54, 1.807) is 0 Å². The predicted octanol–water partition coefficient (Wildman–Crippen LogP) is 5.88. The van der Waals surface area contributed by atoms with Crippen LogP contribution in [0.4, 0.5) is 0 Å².